The zero-order chi connectivity index (χ0) is 12.8. The van der Waals surface area contributed by atoms with E-state index in [4.69, 9.17) is 15.2 Å². The maximum atomic E-state index is 11.6. The fourth-order valence-corrected chi connectivity index (χ4v) is 1.27. The lowest BCUT2D eigenvalue weighted by Crippen LogP contribution is -2.13. The van der Waals surface area contributed by atoms with Crippen molar-refractivity contribution in [3.63, 3.8) is 0 Å². The molecule has 2 N–H and O–H groups in total. The minimum absolute atomic E-state index is 0.142. The van der Waals surface area contributed by atoms with Crippen LogP contribution in [0.2, 0.25) is 0 Å². The van der Waals surface area contributed by atoms with Gasteiger partial charge in [0.15, 0.2) is 0 Å². The van der Waals surface area contributed by atoms with Crippen LogP contribution in [0.25, 0.3) is 0 Å². The van der Waals surface area contributed by atoms with Crippen LogP contribution in [0, 0.1) is 6.92 Å². The summed E-state index contributed by atoms with van der Waals surface area (Å²) in [6, 6.07) is 5.13. The molecular formula is C13H19NO3. The predicted molar refractivity (Wildman–Crippen MR) is 67.0 cm³/mol. The molecule has 4 heteroatoms. The lowest BCUT2D eigenvalue weighted by atomic mass is 10.1. The van der Waals surface area contributed by atoms with E-state index in [1.165, 1.54) is 0 Å². The lowest BCUT2D eigenvalue weighted by molar-refractivity contribution is 0.0177. The van der Waals surface area contributed by atoms with Crippen LogP contribution in [0.4, 0.5) is 5.69 Å². The topological polar surface area (TPSA) is 61.5 Å². The van der Waals surface area contributed by atoms with Gasteiger partial charge in [-0.05, 0) is 38.5 Å². The third-order valence-corrected chi connectivity index (χ3v) is 2.28. The van der Waals surface area contributed by atoms with Gasteiger partial charge in [0, 0.05) is 5.69 Å². The monoisotopic (exact) mass is 237 g/mol. The number of carbonyl (C=O) groups excluding carboxylic acids is 1. The molecule has 0 aliphatic heterocycles. The molecule has 4 nitrogen and oxygen atoms in total. The van der Waals surface area contributed by atoms with Gasteiger partial charge in [0.05, 0.1) is 18.3 Å². The molecule has 0 amide bonds. The SMILES string of the molecule is Cc1ccc(C(=O)OCCOC(C)C)cc1N. The quantitative estimate of drug-likeness (QED) is 0.484. The lowest BCUT2D eigenvalue weighted by Gasteiger charge is -2.09. The first-order valence-corrected chi connectivity index (χ1v) is 5.65. The molecular weight excluding hydrogens is 218 g/mol. The summed E-state index contributed by atoms with van der Waals surface area (Å²) in [6.07, 6.45) is 0.142. The summed E-state index contributed by atoms with van der Waals surface area (Å²) in [6.45, 7) is 6.42. The Morgan fingerprint density at radius 2 is 2.06 bits per heavy atom. The van der Waals surface area contributed by atoms with Gasteiger partial charge >= 0.3 is 5.97 Å². The molecule has 0 saturated heterocycles. The van der Waals surface area contributed by atoms with Crippen molar-refractivity contribution in [3.8, 4) is 0 Å². The number of ether oxygens (including phenoxy) is 2. The average Bonchev–Trinajstić information content (AvgIpc) is 2.27. The van der Waals surface area contributed by atoms with Crippen molar-refractivity contribution in [2.75, 3.05) is 18.9 Å². The van der Waals surface area contributed by atoms with E-state index in [0.29, 0.717) is 17.9 Å². The standard InChI is InChI=1S/C13H19NO3/c1-9(2)16-6-7-17-13(15)11-5-4-10(3)12(14)8-11/h4-5,8-9H,6-7,14H2,1-3H3. The molecule has 0 spiro atoms. The molecule has 0 unspecified atom stereocenters. The van der Waals surface area contributed by atoms with Gasteiger partial charge in [0.25, 0.3) is 0 Å². The smallest absolute Gasteiger partial charge is 0.338 e. The van der Waals surface area contributed by atoms with Crippen molar-refractivity contribution < 1.29 is 14.3 Å². The van der Waals surface area contributed by atoms with Crippen LogP contribution < -0.4 is 5.73 Å². The van der Waals surface area contributed by atoms with Gasteiger partial charge in [-0.25, -0.2) is 4.79 Å². The van der Waals surface area contributed by atoms with Crippen molar-refractivity contribution in [2.24, 2.45) is 0 Å². The Bertz CT molecular complexity index is 388. The van der Waals surface area contributed by atoms with Crippen molar-refractivity contribution in [2.45, 2.75) is 26.9 Å². The normalized spacial score (nSPS) is 10.6. The van der Waals surface area contributed by atoms with Crippen LogP contribution in [0.5, 0.6) is 0 Å². The number of aryl methyl sites for hydroxylation is 1. The summed E-state index contributed by atoms with van der Waals surface area (Å²) in [4.78, 5) is 11.6. The molecule has 17 heavy (non-hydrogen) atoms. The number of hydrogen-bond donors (Lipinski definition) is 1. The van der Waals surface area contributed by atoms with E-state index in [1.807, 2.05) is 20.8 Å². The third-order valence-electron chi connectivity index (χ3n) is 2.28. The second-order valence-corrected chi connectivity index (χ2v) is 4.13. The van der Waals surface area contributed by atoms with Crippen LogP contribution in [0.3, 0.4) is 0 Å². The highest BCUT2D eigenvalue weighted by Gasteiger charge is 2.08. The van der Waals surface area contributed by atoms with Gasteiger partial charge < -0.3 is 15.2 Å². The Balaban J connectivity index is 2.44. The molecule has 0 aromatic heterocycles. The Morgan fingerprint density at radius 3 is 2.65 bits per heavy atom. The molecule has 0 fully saturated rings. The van der Waals surface area contributed by atoms with Gasteiger partial charge in [-0.15, -0.1) is 0 Å². The number of nitrogen functional groups attached to an aromatic ring is 1. The van der Waals surface area contributed by atoms with E-state index in [1.54, 1.807) is 18.2 Å². The number of rotatable bonds is 5. The highest BCUT2D eigenvalue weighted by atomic mass is 16.6. The molecule has 0 radical (unpaired) electrons. The van der Waals surface area contributed by atoms with Crippen molar-refractivity contribution in [1.82, 2.24) is 0 Å². The number of nitrogens with two attached hydrogens (primary N) is 1. The third kappa shape index (κ3) is 4.44. The second kappa shape index (κ2) is 6.25. The van der Waals surface area contributed by atoms with E-state index >= 15 is 0 Å². The van der Waals surface area contributed by atoms with Gasteiger partial charge in [0.1, 0.15) is 6.61 Å². The number of esters is 1. The van der Waals surface area contributed by atoms with Crippen LogP contribution in [-0.4, -0.2) is 25.3 Å². The van der Waals surface area contributed by atoms with Gasteiger partial charge in [-0.1, -0.05) is 6.07 Å². The highest BCUT2D eigenvalue weighted by molar-refractivity contribution is 5.90. The molecule has 0 aliphatic rings. The molecule has 1 rings (SSSR count). The summed E-state index contributed by atoms with van der Waals surface area (Å²) < 4.78 is 10.3. The molecule has 0 saturated carbocycles. The fraction of sp³-hybridized carbons (Fsp3) is 0.462. The average molecular weight is 237 g/mol. The van der Waals surface area contributed by atoms with E-state index < -0.39 is 0 Å². The van der Waals surface area contributed by atoms with E-state index in [2.05, 4.69) is 0 Å². The highest BCUT2D eigenvalue weighted by Crippen LogP contribution is 2.13. The van der Waals surface area contributed by atoms with Crippen molar-refractivity contribution in [1.29, 1.82) is 0 Å². The fourth-order valence-electron chi connectivity index (χ4n) is 1.27. The molecule has 0 atom stereocenters. The van der Waals surface area contributed by atoms with E-state index in [9.17, 15) is 4.79 Å². The molecule has 94 valence electrons. The Hall–Kier alpha value is -1.55. The van der Waals surface area contributed by atoms with Crippen molar-refractivity contribution >= 4 is 11.7 Å². The first-order valence-electron chi connectivity index (χ1n) is 5.65. The molecule has 1 aromatic carbocycles. The number of hydrogen-bond acceptors (Lipinski definition) is 4. The van der Waals surface area contributed by atoms with Crippen molar-refractivity contribution in [3.05, 3.63) is 29.3 Å². The van der Waals surface area contributed by atoms with Crippen LogP contribution in [0.15, 0.2) is 18.2 Å². The summed E-state index contributed by atoms with van der Waals surface area (Å²) in [5.41, 5.74) is 7.73. The zero-order valence-electron chi connectivity index (χ0n) is 10.5. The van der Waals surface area contributed by atoms with Gasteiger partial charge in [0.2, 0.25) is 0 Å². The molecule has 0 aliphatic carbocycles. The Morgan fingerprint density at radius 1 is 1.35 bits per heavy atom. The minimum Gasteiger partial charge on any atom is -0.460 e. The molecule has 1 aromatic rings. The zero-order valence-corrected chi connectivity index (χ0v) is 10.5. The van der Waals surface area contributed by atoms with Crippen LogP contribution >= 0.6 is 0 Å². The predicted octanol–water partition coefficient (Wildman–Crippen LogP) is 2.16. The van der Waals surface area contributed by atoms with E-state index in [0.717, 1.165) is 5.56 Å². The second-order valence-electron chi connectivity index (χ2n) is 4.13. The van der Waals surface area contributed by atoms with Gasteiger partial charge in [-0.3, -0.25) is 0 Å². The van der Waals surface area contributed by atoms with Crippen LogP contribution in [0.1, 0.15) is 29.8 Å². The maximum Gasteiger partial charge on any atom is 0.338 e. The summed E-state index contributed by atoms with van der Waals surface area (Å²) in [5.74, 6) is -0.371. The maximum absolute atomic E-state index is 11.6. The molecule has 0 bridgehead atoms. The van der Waals surface area contributed by atoms with Crippen LogP contribution in [-0.2, 0) is 9.47 Å². The first kappa shape index (κ1) is 13.5. The Labute approximate surface area is 102 Å². The first-order chi connectivity index (χ1) is 8.00. The Kier molecular flexibility index (Phi) is 4.97. The molecule has 0 heterocycles. The summed E-state index contributed by atoms with van der Waals surface area (Å²) in [5, 5.41) is 0. The largest absolute Gasteiger partial charge is 0.460 e. The number of carbonyl (C=O) groups is 1. The number of benzene rings is 1. The number of anilines is 1. The summed E-state index contributed by atoms with van der Waals surface area (Å²) >= 11 is 0. The van der Waals surface area contributed by atoms with E-state index in [-0.39, 0.29) is 18.7 Å². The summed E-state index contributed by atoms with van der Waals surface area (Å²) in [7, 11) is 0. The minimum atomic E-state index is -0.371. The van der Waals surface area contributed by atoms with Gasteiger partial charge in [-0.2, -0.15) is 0 Å².